The number of benzene rings is 1. The van der Waals surface area contributed by atoms with Gasteiger partial charge in [0.1, 0.15) is 0 Å². The lowest BCUT2D eigenvalue weighted by Crippen LogP contribution is -2.12. The summed E-state index contributed by atoms with van der Waals surface area (Å²) in [5.41, 5.74) is 1.74. The molecule has 0 saturated heterocycles. The van der Waals surface area contributed by atoms with E-state index in [4.69, 9.17) is 5.90 Å². The van der Waals surface area contributed by atoms with E-state index in [0.717, 1.165) is 5.30 Å². The first-order valence-electron chi connectivity index (χ1n) is 4.52. The van der Waals surface area contributed by atoms with Gasteiger partial charge in [-0.15, -0.1) is 9.24 Å². The highest BCUT2D eigenvalue weighted by molar-refractivity contribution is 7.27. The van der Waals surface area contributed by atoms with Crippen LogP contribution in [-0.4, -0.2) is 5.97 Å². The smallest absolute Gasteiger partial charge is 0.356 e. The van der Waals surface area contributed by atoms with Crippen LogP contribution in [-0.2, 0) is 4.84 Å². The third-order valence-electron chi connectivity index (χ3n) is 2.37. The summed E-state index contributed by atoms with van der Waals surface area (Å²) in [5, 5.41) is 0.995. The minimum absolute atomic E-state index is 0.476. The maximum absolute atomic E-state index is 11.2. The summed E-state index contributed by atoms with van der Waals surface area (Å²) in [4.78, 5) is 15.4. The summed E-state index contributed by atoms with van der Waals surface area (Å²) in [6.07, 6.45) is 2.43. The number of rotatable bonds is 2. The Morgan fingerprint density at radius 1 is 1.43 bits per heavy atom. The summed E-state index contributed by atoms with van der Waals surface area (Å²) in [6.45, 7) is 0. The highest BCUT2D eigenvalue weighted by atomic mass is 31.0. The van der Waals surface area contributed by atoms with E-state index in [1.807, 2.05) is 6.07 Å². The quantitative estimate of drug-likeness (QED) is 0.586. The maximum Gasteiger partial charge on any atom is 0.356 e. The van der Waals surface area contributed by atoms with E-state index in [-0.39, 0.29) is 0 Å². The van der Waals surface area contributed by atoms with E-state index >= 15 is 0 Å². The maximum atomic E-state index is 11.2. The van der Waals surface area contributed by atoms with E-state index in [2.05, 4.69) is 20.1 Å². The van der Waals surface area contributed by atoms with Gasteiger partial charge >= 0.3 is 5.97 Å². The molecule has 14 heavy (non-hydrogen) atoms. The third-order valence-corrected chi connectivity index (χ3v) is 2.70. The normalized spacial score (nSPS) is 15.3. The van der Waals surface area contributed by atoms with Gasteiger partial charge in [0.25, 0.3) is 0 Å². The van der Waals surface area contributed by atoms with Crippen molar-refractivity contribution in [3.8, 4) is 0 Å². The third kappa shape index (κ3) is 1.94. The molecule has 74 valence electrons. The predicted octanol–water partition coefficient (Wildman–Crippen LogP) is 1.09. The second-order valence-corrected chi connectivity index (χ2v) is 4.23. The van der Waals surface area contributed by atoms with Crippen LogP contribution < -0.4 is 11.2 Å². The lowest BCUT2D eigenvalue weighted by atomic mass is 10.1. The van der Waals surface area contributed by atoms with E-state index in [0.29, 0.717) is 11.5 Å². The molecule has 1 saturated carbocycles. The fourth-order valence-electron chi connectivity index (χ4n) is 1.51. The second-order valence-electron chi connectivity index (χ2n) is 3.57. The van der Waals surface area contributed by atoms with Crippen LogP contribution in [0.3, 0.4) is 0 Å². The molecule has 0 spiro atoms. The molecule has 1 unspecified atom stereocenters. The first-order valence-corrected chi connectivity index (χ1v) is 5.10. The first-order chi connectivity index (χ1) is 6.70. The molecular weight excluding hydrogens is 197 g/mol. The van der Waals surface area contributed by atoms with Gasteiger partial charge in [0, 0.05) is 0 Å². The van der Waals surface area contributed by atoms with Crippen molar-refractivity contribution >= 4 is 20.5 Å². The van der Waals surface area contributed by atoms with Gasteiger partial charge in [-0.3, -0.25) is 0 Å². The SMILES string of the molecule is NOC(=O)c1cc(P)cc(C2CC2)c1. The van der Waals surface area contributed by atoms with Gasteiger partial charge in [-0.25, -0.2) is 4.79 Å². The van der Waals surface area contributed by atoms with Crippen molar-refractivity contribution in [1.29, 1.82) is 0 Å². The number of nitrogens with two attached hydrogens (primary N) is 1. The van der Waals surface area contributed by atoms with Crippen LogP contribution >= 0.6 is 9.24 Å². The van der Waals surface area contributed by atoms with Crippen LogP contribution in [0.5, 0.6) is 0 Å². The van der Waals surface area contributed by atoms with Gasteiger partial charge in [-0.2, -0.15) is 5.90 Å². The molecule has 1 aromatic carbocycles. The van der Waals surface area contributed by atoms with Crippen molar-refractivity contribution in [2.45, 2.75) is 18.8 Å². The van der Waals surface area contributed by atoms with Crippen LogP contribution in [0.4, 0.5) is 0 Å². The molecule has 1 atom stereocenters. The van der Waals surface area contributed by atoms with Crippen molar-refractivity contribution in [1.82, 2.24) is 0 Å². The zero-order chi connectivity index (χ0) is 10.1. The summed E-state index contributed by atoms with van der Waals surface area (Å²) in [5.74, 6) is 4.99. The van der Waals surface area contributed by atoms with Crippen LogP contribution in [0.2, 0.25) is 0 Å². The Morgan fingerprint density at radius 2 is 2.14 bits per heavy atom. The highest BCUT2D eigenvalue weighted by Crippen LogP contribution is 2.40. The predicted molar refractivity (Wildman–Crippen MR) is 57.4 cm³/mol. The molecule has 0 aromatic heterocycles. The molecule has 2 rings (SSSR count). The molecule has 0 radical (unpaired) electrons. The molecule has 4 heteroatoms. The first kappa shape index (κ1) is 9.63. The van der Waals surface area contributed by atoms with Crippen LogP contribution in [0, 0.1) is 0 Å². The van der Waals surface area contributed by atoms with Gasteiger partial charge in [-0.1, -0.05) is 6.07 Å². The summed E-state index contributed by atoms with van der Waals surface area (Å²) >= 11 is 0. The molecular formula is C10H12NO2P. The van der Waals surface area contributed by atoms with E-state index < -0.39 is 5.97 Å². The Balaban J connectivity index is 2.35. The Morgan fingerprint density at radius 3 is 2.71 bits per heavy atom. The lowest BCUT2D eigenvalue weighted by Gasteiger charge is -2.04. The Bertz CT molecular complexity index is 374. The molecule has 0 aliphatic heterocycles. The number of carbonyl (C=O) groups is 1. The molecule has 0 heterocycles. The van der Waals surface area contributed by atoms with Gasteiger partial charge in [0.2, 0.25) is 0 Å². The van der Waals surface area contributed by atoms with Crippen molar-refractivity contribution in [2.75, 3.05) is 0 Å². The Labute approximate surface area is 84.8 Å². The molecule has 1 aliphatic rings. The van der Waals surface area contributed by atoms with Gasteiger partial charge in [-0.05, 0) is 41.8 Å². The van der Waals surface area contributed by atoms with Crippen LogP contribution in [0.1, 0.15) is 34.7 Å². The minimum Gasteiger partial charge on any atom is -0.370 e. The lowest BCUT2D eigenvalue weighted by molar-refractivity contribution is 0.0503. The topological polar surface area (TPSA) is 52.3 Å². The number of hydrogen-bond donors (Lipinski definition) is 1. The standard InChI is InChI=1S/C10H12NO2P/c11-13-10(12)8-3-7(6-1-2-6)4-9(14)5-8/h3-6H,1-2,11,14H2. The van der Waals surface area contributed by atoms with E-state index in [1.165, 1.54) is 18.4 Å². The Hall–Kier alpha value is -0.920. The van der Waals surface area contributed by atoms with Gasteiger partial charge < -0.3 is 4.84 Å². The average Bonchev–Trinajstić information content (AvgIpc) is 2.98. The van der Waals surface area contributed by atoms with Gasteiger partial charge in [0.15, 0.2) is 0 Å². The minimum atomic E-state index is -0.476. The van der Waals surface area contributed by atoms with Crippen LogP contribution in [0.25, 0.3) is 0 Å². The zero-order valence-corrected chi connectivity index (χ0v) is 8.85. The van der Waals surface area contributed by atoms with Gasteiger partial charge in [0.05, 0.1) is 5.56 Å². The molecule has 2 N–H and O–H groups in total. The monoisotopic (exact) mass is 209 g/mol. The fourth-order valence-corrected chi connectivity index (χ4v) is 1.89. The van der Waals surface area contributed by atoms with Crippen molar-refractivity contribution < 1.29 is 9.63 Å². The van der Waals surface area contributed by atoms with Crippen molar-refractivity contribution in [2.24, 2.45) is 5.90 Å². The van der Waals surface area contributed by atoms with E-state index in [9.17, 15) is 4.79 Å². The highest BCUT2D eigenvalue weighted by Gasteiger charge is 2.24. The molecule has 0 bridgehead atoms. The molecule has 1 aliphatic carbocycles. The van der Waals surface area contributed by atoms with Crippen molar-refractivity contribution in [3.05, 3.63) is 29.3 Å². The second kappa shape index (κ2) is 3.68. The number of carbonyl (C=O) groups excluding carboxylic acids is 1. The molecule has 1 fully saturated rings. The summed E-state index contributed by atoms with van der Waals surface area (Å²) in [6, 6.07) is 5.70. The Kier molecular flexibility index (Phi) is 2.53. The van der Waals surface area contributed by atoms with Crippen LogP contribution in [0.15, 0.2) is 18.2 Å². The zero-order valence-electron chi connectivity index (χ0n) is 7.69. The molecule has 1 aromatic rings. The summed E-state index contributed by atoms with van der Waals surface area (Å²) < 4.78 is 0. The molecule has 0 amide bonds. The molecule has 3 nitrogen and oxygen atoms in total. The largest absolute Gasteiger partial charge is 0.370 e. The fraction of sp³-hybridized carbons (Fsp3) is 0.300. The summed E-state index contributed by atoms with van der Waals surface area (Å²) in [7, 11) is 2.59. The number of hydrogen-bond acceptors (Lipinski definition) is 3. The van der Waals surface area contributed by atoms with E-state index in [1.54, 1.807) is 6.07 Å². The van der Waals surface area contributed by atoms with Crippen molar-refractivity contribution in [3.63, 3.8) is 0 Å². The average molecular weight is 209 g/mol.